The van der Waals surface area contributed by atoms with Crippen LogP contribution in [0, 0.1) is 19.3 Å². The minimum Gasteiger partial charge on any atom is -0.324 e. The molecule has 1 saturated heterocycles. The van der Waals surface area contributed by atoms with Gasteiger partial charge in [0.1, 0.15) is 0 Å². The third-order valence-electron chi connectivity index (χ3n) is 3.25. The predicted molar refractivity (Wildman–Crippen MR) is 74.2 cm³/mol. The van der Waals surface area contributed by atoms with Gasteiger partial charge in [-0.3, -0.25) is 9.78 Å². The highest BCUT2D eigenvalue weighted by Crippen LogP contribution is 2.11. The molecule has 1 aromatic heterocycles. The molecular formula is C15H19N3O. The van der Waals surface area contributed by atoms with Gasteiger partial charge in [-0.05, 0) is 38.4 Å². The molecule has 0 aliphatic carbocycles. The number of aryl methyl sites for hydroxylation is 1. The molecule has 1 unspecified atom stereocenters. The van der Waals surface area contributed by atoms with E-state index in [0.717, 1.165) is 30.8 Å². The average molecular weight is 257 g/mol. The molecule has 0 spiro atoms. The largest absolute Gasteiger partial charge is 0.324 e. The van der Waals surface area contributed by atoms with Crippen LogP contribution in [0.5, 0.6) is 0 Å². The van der Waals surface area contributed by atoms with E-state index in [0.29, 0.717) is 13.1 Å². The van der Waals surface area contributed by atoms with Crippen LogP contribution in [0.4, 0.5) is 0 Å². The lowest BCUT2D eigenvalue weighted by molar-refractivity contribution is -0.133. The van der Waals surface area contributed by atoms with Crippen LogP contribution in [0.3, 0.4) is 0 Å². The number of nitrogens with one attached hydrogen (secondary N) is 1. The molecule has 2 heterocycles. The monoisotopic (exact) mass is 257 g/mol. The quantitative estimate of drug-likeness (QED) is 0.822. The first-order chi connectivity index (χ1) is 9.20. The summed E-state index contributed by atoms with van der Waals surface area (Å²) < 4.78 is 0. The van der Waals surface area contributed by atoms with E-state index in [1.165, 1.54) is 0 Å². The van der Waals surface area contributed by atoms with Crippen molar-refractivity contribution in [2.45, 2.75) is 32.4 Å². The summed E-state index contributed by atoms with van der Waals surface area (Å²) >= 11 is 0. The maximum absolute atomic E-state index is 12.4. The SMILES string of the molecule is C#CCN(Cc1cccc(C)n1)C(=O)C1CCCN1. The number of hydrogen-bond acceptors (Lipinski definition) is 3. The fourth-order valence-electron chi connectivity index (χ4n) is 2.32. The Balaban J connectivity index is 2.07. The first-order valence-corrected chi connectivity index (χ1v) is 6.59. The molecule has 100 valence electrons. The maximum Gasteiger partial charge on any atom is 0.240 e. The standard InChI is InChI=1S/C15H19N3O/c1-3-10-18(15(19)14-8-5-9-16-14)11-13-7-4-6-12(2)17-13/h1,4,6-7,14,16H,5,8-11H2,2H3. The third-order valence-corrected chi connectivity index (χ3v) is 3.25. The van der Waals surface area contributed by atoms with Gasteiger partial charge < -0.3 is 10.2 Å². The molecule has 0 aromatic carbocycles. The van der Waals surface area contributed by atoms with Crippen molar-refractivity contribution in [3.05, 3.63) is 29.6 Å². The van der Waals surface area contributed by atoms with Gasteiger partial charge in [-0.25, -0.2) is 0 Å². The number of nitrogens with zero attached hydrogens (tertiary/aromatic N) is 2. The first kappa shape index (κ1) is 13.6. The number of aromatic nitrogens is 1. The second kappa shape index (κ2) is 6.35. The van der Waals surface area contributed by atoms with Crippen LogP contribution in [0.1, 0.15) is 24.2 Å². The average Bonchev–Trinajstić information content (AvgIpc) is 2.91. The van der Waals surface area contributed by atoms with Gasteiger partial charge in [0.05, 0.1) is 24.8 Å². The Morgan fingerprint density at radius 2 is 2.47 bits per heavy atom. The van der Waals surface area contributed by atoms with Crippen molar-refractivity contribution < 1.29 is 4.79 Å². The van der Waals surface area contributed by atoms with Crippen LogP contribution in [-0.2, 0) is 11.3 Å². The van der Waals surface area contributed by atoms with Gasteiger partial charge in [0, 0.05) is 5.69 Å². The van der Waals surface area contributed by atoms with E-state index in [1.54, 1.807) is 4.90 Å². The van der Waals surface area contributed by atoms with Crippen molar-refractivity contribution in [1.29, 1.82) is 0 Å². The fourth-order valence-corrected chi connectivity index (χ4v) is 2.32. The molecule has 0 radical (unpaired) electrons. The molecule has 1 aliphatic heterocycles. The van der Waals surface area contributed by atoms with Crippen LogP contribution in [0.25, 0.3) is 0 Å². The molecule has 19 heavy (non-hydrogen) atoms. The fraction of sp³-hybridized carbons (Fsp3) is 0.467. The summed E-state index contributed by atoms with van der Waals surface area (Å²) in [5.41, 5.74) is 1.83. The third kappa shape index (κ3) is 3.55. The molecule has 1 atom stereocenters. The summed E-state index contributed by atoms with van der Waals surface area (Å²) in [5.74, 6) is 2.64. The highest BCUT2D eigenvalue weighted by atomic mass is 16.2. The van der Waals surface area contributed by atoms with E-state index in [-0.39, 0.29) is 11.9 Å². The zero-order valence-corrected chi connectivity index (χ0v) is 11.2. The van der Waals surface area contributed by atoms with Crippen molar-refractivity contribution in [2.24, 2.45) is 0 Å². The molecule has 0 saturated carbocycles. The van der Waals surface area contributed by atoms with E-state index in [2.05, 4.69) is 16.2 Å². The van der Waals surface area contributed by atoms with Gasteiger partial charge in [-0.2, -0.15) is 0 Å². The van der Waals surface area contributed by atoms with Crippen molar-refractivity contribution in [3.8, 4) is 12.3 Å². The van der Waals surface area contributed by atoms with Gasteiger partial charge >= 0.3 is 0 Å². The van der Waals surface area contributed by atoms with E-state index < -0.39 is 0 Å². The molecule has 1 aromatic rings. The molecule has 4 heteroatoms. The number of carbonyl (C=O) groups excluding carboxylic acids is 1. The van der Waals surface area contributed by atoms with Gasteiger partial charge in [-0.15, -0.1) is 6.42 Å². The Labute approximate surface area is 114 Å². The van der Waals surface area contributed by atoms with Crippen molar-refractivity contribution >= 4 is 5.91 Å². The molecule has 1 N–H and O–H groups in total. The zero-order chi connectivity index (χ0) is 13.7. The van der Waals surface area contributed by atoms with Crippen LogP contribution >= 0.6 is 0 Å². The van der Waals surface area contributed by atoms with Gasteiger partial charge in [0.15, 0.2) is 0 Å². The van der Waals surface area contributed by atoms with Crippen molar-refractivity contribution in [1.82, 2.24) is 15.2 Å². The van der Waals surface area contributed by atoms with Crippen LogP contribution in [0.15, 0.2) is 18.2 Å². The number of pyridine rings is 1. The normalized spacial score (nSPS) is 18.0. The van der Waals surface area contributed by atoms with Crippen LogP contribution in [0.2, 0.25) is 0 Å². The van der Waals surface area contributed by atoms with Gasteiger partial charge in [-0.1, -0.05) is 12.0 Å². The summed E-state index contributed by atoms with van der Waals surface area (Å²) in [6, 6.07) is 5.73. The number of hydrogen-bond donors (Lipinski definition) is 1. The van der Waals surface area contributed by atoms with Crippen LogP contribution < -0.4 is 5.32 Å². The van der Waals surface area contributed by atoms with Gasteiger partial charge in [0.2, 0.25) is 5.91 Å². The second-order valence-corrected chi connectivity index (χ2v) is 4.82. The molecule has 1 amide bonds. The molecular weight excluding hydrogens is 238 g/mol. The topological polar surface area (TPSA) is 45.2 Å². The Kier molecular flexibility index (Phi) is 4.53. The molecule has 0 bridgehead atoms. The maximum atomic E-state index is 12.4. The number of terminal acetylenes is 1. The molecule has 2 rings (SSSR count). The lowest BCUT2D eigenvalue weighted by Crippen LogP contribution is -2.43. The number of rotatable bonds is 4. The van der Waals surface area contributed by atoms with E-state index >= 15 is 0 Å². The Hall–Kier alpha value is -1.86. The van der Waals surface area contributed by atoms with Crippen molar-refractivity contribution in [3.63, 3.8) is 0 Å². The lowest BCUT2D eigenvalue weighted by atomic mass is 10.2. The smallest absolute Gasteiger partial charge is 0.240 e. The zero-order valence-electron chi connectivity index (χ0n) is 11.2. The Bertz CT molecular complexity index is 486. The van der Waals surface area contributed by atoms with Crippen LogP contribution in [-0.4, -0.2) is 34.9 Å². The minimum absolute atomic E-state index is 0.0822. The Morgan fingerprint density at radius 1 is 1.63 bits per heavy atom. The lowest BCUT2D eigenvalue weighted by Gasteiger charge is -2.23. The van der Waals surface area contributed by atoms with Gasteiger partial charge in [0.25, 0.3) is 0 Å². The molecule has 1 aliphatic rings. The Morgan fingerprint density at radius 3 is 3.11 bits per heavy atom. The number of carbonyl (C=O) groups is 1. The predicted octanol–water partition coefficient (Wildman–Crippen LogP) is 1.10. The van der Waals surface area contributed by atoms with Crippen molar-refractivity contribution in [2.75, 3.05) is 13.1 Å². The summed E-state index contributed by atoms with van der Waals surface area (Å²) in [7, 11) is 0. The number of amides is 1. The van der Waals surface area contributed by atoms with E-state index in [1.807, 2.05) is 25.1 Å². The second-order valence-electron chi connectivity index (χ2n) is 4.82. The highest BCUT2D eigenvalue weighted by Gasteiger charge is 2.26. The molecule has 1 fully saturated rings. The van der Waals surface area contributed by atoms with E-state index in [9.17, 15) is 4.79 Å². The van der Waals surface area contributed by atoms with E-state index in [4.69, 9.17) is 6.42 Å². The first-order valence-electron chi connectivity index (χ1n) is 6.59. The summed E-state index contributed by atoms with van der Waals surface area (Å²) in [5, 5.41) is 3.21. The molecule has 4 nitrogen and oxygen atoms in total. The summed E-state index contributed by atoms with van der Waals surface area (Å²) in [6.45, 7) is 3.65. The highest BCUT2D eigenvalue weighted by molar-refractivity contribution is 5.82. The minimum atomic E-state index is -0.0850. The summed E-state index contributed by atoms with van der Waals surface area (Å²) in [6.07, 6.45) is 7.30. The summed E-state index contributed by atoms with van der Waals surface area (Å²) in [4.78, 5) is 18.5.